The van der Waals surface area contributed by atoms with Gasteiger partial charge in [0.05, 0.1) is 53.0 Å². The van der Waals surface area contributed by atoms with E-state index in [4.69, 9.17) is 42.8 Å². The summed E-state index contributed by atoms with van der Waals surface area (Å²) in [5, 5.41) is 0. The third-order valence-corrected chi connectivity index (χ3v) is 7.98. The van der Waals surface area contributed by atoms with Crippen LogP contribution in [0.2, 0.25) is 0 Å². The number of rotatable bonds is 17. The summed E-state index contributed by atoms with van der Waals surface area (Å²) in [5.74, 6) is 0.922. The first-order valence-corrected chi connectivity index (χ1v) is 15.4. The molecule has 0 aliphatic heterocycles. The molecule has 0 aliphatic rings. The normalized spacial score (nSPS) is 12.9. The molecule has 1 aromatic heterocycles. The molecule has 0 bridgehead atoms. The minimum Gasteiger partial charge on any atom is -0.497 e. The summed E-state index contributed by atoms with van der Waals surface area (Å²) in [5.41, 5.74) is 2.18. The molecule has 0 spiro atoms. The van der Waals surface area contributed by atoms with Gasteiger partial charge < -0.3 is 38.1 Å². The van der Waals surface area contributed by atoms with E-state index < -0.39 is 29.0 Å². The Morgan fingerprint density at radius 1 is 0.681 bits per heavy atom. The number of ether oxygens (including phenoxy) is 7. The highest BCUT2D eigenvalue weighted by Crippen LogP contribution is 2.38. The lowest BCUT2D eigenvalue weighted by Gasteiger charge is -2.26. The first-order chi connectivity index (χ1) is 24.1. The maximum Gasteiger partial charge on any atom is 0.297 e. The first kappa shape index (κ1) is 29.5. The van der Waals surface area contributed by atoms with E-state index >= 15 is 0 Å². The van der Waals surface area contributed by atoms with Crippen molar-refractivity contribution in [3.8, 4) is 40.5 Å². The van der Waals surface area contributed by atoms with Gasteiger partial charge in [0.2, 0.25) is 11.7 Å². The highest BCUT2D eigenvalue weighted by molar-refractivity contribution is 7.86. The molecule has 252 valence electrons. The number of benzene rings is 3. The fourth-order valence-corrected chi connectivity index (χ4v) is 5.08. The molecule has 13 nitrogen and oxygen atoms in total. The van der Waals surface area contributed by atoms with Gasteiger partial charge in [0, 0.05) is 36.3 Å². The Labute approximate surface area is 280 Å². The van der Waals surface area contributed by atoms with Crippen molar-refractivity contribution in [2.75, 3.05) is 60.7 Å². The highest BCUT2D eigenvalue weighted by atomic mass is 32.2. The van der Waals surface area contributed by atoms with Crippen molar-refractivity contribution >= 4 is 16.1 Å². The molecular weight excluding hydrogens is 630 g/mol. The second-order valence-electron chi connectivity index (χ2n) is 9.74. The molecule has 0 amide bonds. The van der Waals surface area contributed by atoms with Crippen LogP contribution in [-0.4, -0.2) is 74.2 Å². The zero-order chi connectivity index (χ0) is 37.6. The van der Waals surface area contributed by atoms with E-state index in [9.17, 15) is 8.42 Å². The average Bonchev–Trinajstić information content (AvgIpc) is 3.11. The van der Waals surface area contributed by atoms with E-state index in [1.807, 2.05) is 12.1 Å². The van der Waals surface area contributed by atoms with Crippen LogP contribution in [0.3, 0.4) is 0 Å². The van der Waals surface area contributed by atoms with Gasteiger partial charge in [-0.05, 0) is 43.3 Å². The number of hydrogen-bond acceptors (Lipinski definition) is 13. The van der Waals surface area contributed by atoms with Crippen molar-refractivity contribution < 1.29 is 51.2 Å². The molecule has 0 N–H and O–H groups in total. The summed E-state index contributed by atoms with van der Waals surface area (Å²) in [4.78, 5) is 10.3. The van der Waals surface area contributed by atoms with Crippen molar-refractivity contribution in [3.63, 3.8) is 0 Å². The van der Waals surface area contributed by atoms with E-state index in [-0.39, 0.29) is 35.7 Å². The van der Waals surface area contributed by atoms with E-state index in [0.29, 0.717) is 34.1 Å². The molecule has 0 radical (unpaired) electrons. The Morgan fingerprint density at radius 2 is 1.19 bits per heavy atom. The van der Waals surface area contributed by atoms with E-state index in [1.54, 1.807) is 36.1 Å². The quantitative estimate of drug-likeness (QED) is 0.142. The number of anilines is 1. The molecule has 0 saturated heterocycles. The van der Waals surface area contributed by atoms with Gasteiger partial charge in [0.1, 0.15) is 36.1 Å². The molecule has 47 heavy (non-hydrogen) atoms. The summed E-state index contributed by atoms with van der Waals surface area (Å²) in [6.45, 7) is -4.97. The Morgan fingerprint density at radius 3 is 1.64 bits per heavy atom. The maximum absolute atomic E-state index is 12.9. The third-order valence-electron chi connectivity index (χ3n) is 6.83. The topological polar surface area (TPSA) is 137 Å². The predicted molar refractivity (Wildman–Crippen MR) is 174 cm³/mol. The van der Waals surface area contributed by atoms with Crippen LogP contribution in [0.15, 0.2) is 65.6 Å². The fraction of sp³-hybridized carbons (Fsp3) is 0.333. The maximum atomic E-state index is 12.9. The van der Waals surface area contributed by atoms with Gasteiger partial charge >= 0.3 is 0 Å². The molecule has 0 unspecified atom stereocenters. The predicted octanol–water partition coefficient (Wildman–Crippen LogP) is 4.83. The number of aromatic nitrogens is 2. The summed E-state index contributed by atoms with van der Waals surface area (Å²) < 4.78 is 102. The number of hydrogen-bond donors (Lipinski definition) is 0. The van der Waals surface area contributed by atoms with Crippen LogP contribution >= 0.6 is 0 Å². The molecule has 4 aromatic rings. The summed E-state index contributed by atoms with van der Waals surface area (Å²) >= 11 is 0. The smallest absolute Gasteiger partial charge is 0.297 e. The molecule has 14 heteroatoms. The minimum atomic E-state index is -4.77. The van der Waals surface area contributed by atoms with Crippen molar-refractivity contribution in [1.82, 2.24) is 9.97 Å². The number of nitrogens with zero attached hydrogens (tertiary/aromatic N) is 3. The lowest BCUT2D eigenvalue weighted by molar-refractivity contribution is 0.204. The van der Waals surface area contributed by atoms with Crippen molar-refractivity contribution in [3.05, 3.63) is 77.4 Å². The summed E-state index contributed by atoms with van der Waals surface area (Å²) in [7, 11) is 3.80. The van der Waals surface area contributed by atoms with Crippen LogP contribution in [0, 0.1) is 6.92 Å². The fourth-order valence-electron chi connectivity index (χ4n) is 4.38. The molecule has 0 saturated carbocycles. The monoisotopic (exact) mass is 673 g/mol. The molecule has 0 atom stereocenters. The van der Waals surface area contributed by atoms with Crippen molar-refractivity contribution in [2.24, 2.45) is 0 Å². The second-order valence-corrected chi connectivity index (χ2v) is 11.3. The van der Waals surface area contributed by atoms with Crippen LogP contribution < -0.4 is 38.1 Å². The number of methoxy groups -OCH3 is 6. The molecule has 3 aromatic carbocycles. The zero-order valence-electron chi connectivity index (χ0n) is 31.0. The molecule has 4 rings (SSSR count). The van der Waals surface area contributed by atoms with Gasteiger partial charge in [-0.1, -0.05) is 17.7 Å². The Kier molecular flexibility index (Phi) is 10.1. The van der Waals surface area contributed by atoms with Crippen LogP contribution in [0.4, 0.5) is 5.95 Å². The second kappa shape index (κ2) is 16.1. The van der Waals surface area contributed by atoms with Gasteiger partial charge in [0.25, 0.3) is 21.9 Å². The lowest BCUT2D eigenvalue weighted by atomic mass is 10.1. The summed E-state index contributed by atoms with van der Waals surface area (Å²) in [6.07, 6.45) is 0. The van der Waals surface area contributed by atoms with Gasteiger partial charge in [-0.15, -0.1) is 0 Å². The third kappa shape index (κ3) is 8.65. The van der Waals surface area contributed by atoms with Crippen LogP contribution in [-0.2, 0) is 27.4 Å². The van der Waals surface area contributed by atoms with Crippen LogP contribution in [0.5, 0.6) is 40.5 Å². The zero-order valence-corrected chi connectivity index (χ0v) is 27.8. The van der Waals surface area contributed by atoms with Gasteiger partial charge in [-0.2, -0.15) is 18.4 Å². The van der Waals surface area contributed by atoms with Crippen molar-refractivity contribution in [1.29, 1.82) is 0 Å². The van der Waals surface area contributed by atoms with Gasteiger partial charge in [-0.3, -0.25) is 4.18 Å². The highest BCUT2D eigenvalue weighted by Gasteiger charge is 2.24. The van der Waals surface area contributed by atoms with E-state index in [0.717, 1.165) is 5.56 Å². The van der Waals surface area contributed by atoms with Crippen molar-refractivity contribution in [2.45, 2.75) is 24.9 Å². The Hall–Kier alpha value is -4.95. The Bertz CT molecular complexity index is 1850. The molecule has 0 aliphatic carbocycles. The largest absolute Gasteiger partial charge is 0.497 e. The first-order valence-electron chi connectivity index (χ1n) is 16.0. The van der Waals surface area contributed by atoms with E-state index in [2.05, 4.69) is 9.97 Å². The average molecular weight is 674 g/mol. The number of aryl methyl sites for hydroxylation is 1. The Balaban J connectivity index is 1.77. The van der Waals surface area contributed by atoms with Gasteiger partial charge in [-0.25, -0.2) is 0 Å². The molecular formula is C33H39N3O10S. The standard InChI is InChI=1S/C33H39N3O10S/c1-22-8-14-27(15-9-22)47(37,38)46-17-16-45-30-31(43-6)34-33(35-32(30)44-7)36(20-23-10-12-25(39-2)18-28(23)41-4)21-24-11-13-26(40-3)19-29(24)42-5/h8-15,18-19H,16-17,20-21H2,1-7H3/i16D2,17D2. The van der Waals surface area contributed by atoms with Crippen LogP contribution in [0.25, 0.3) is 0 Å². The summed E-state index contributed by atoms with van der Waals surface area (Å²) in [6, 6.07) is 16.0. The van der Waals surface area contributed by atoms with Gasteiger partial charge in [0.15, 0.2) is 0 Å². The lowest BCUT2D eigenvalue weighted by Crippen LogP contribution is -2.25. The van der Waals surface area contributed by atoms with E-state index in [1.165, 1.54) is 66.9 Å². The molecule has 1 heterocycles. The molecule has 0 fully saturated rings. The SMILES string of the molecule is [2H]C([2H])(Oc1c(OC)nc(N(Cc2ccc(OC)cc2OC)Cc2ccc(OC)cc2OC)nc1OC)C([2H])([2H])OS(=O)(=O)c1ccc(C)cc1. The van der Waals surface area contributed by atoms with Crippen LogP contribution in [0.1, 0.15) is 22.2 Å². The minimum absolute atomic E-state index is 0.0218.